The van der Waals surface area contributed by atoms with E-state index >= 15 is 0 Å². The fraction of sp³-hybridized carbons (Fsp3) is 0.550. The molecule has 2 rings (SSSR count). The van der Waals surface area contributed by atoms with Crippen LogP contribution in [0.5, 0.6) is 0 Å². The van der Waals surface area contributed by atoms with E-state index in [1.165, 1.54) is 0 Å². The van der Waals surface area contributed by atoms with E-state index in [1.54, 1.807) is 24.3 Å². The first-order chi connectivity index (χ1) is 15.7. The van der Waals surface area contributed by atoms with Crippen molar-refractivity contribution in [1.82, 2.24) is 10.6 Å². The molecule has 0 spiro atoms. The second kappa shape index (κ2) is 12.8. The minimum absolute atomic E-state index is 0.168. The molecule has 0 aromatic heterocycles. The Morgan fingerprint density at radius 2 is 1.85 bits per heavy atom. The van der Waals surface area contributed by atoms with Crippen LogP contribution in [0.3, 0.4) is 0 Å². The number of carbonyl (C=O) groups is 3. The number of thiol groups is 1. The van der Waals surface area contributed by atoms with Gasteiger partial charge in [0.15, 0.2) is 6.29 Å². The highest BCUT2D eigenvalue weighted by Gasteiger charge is 2.45. The van der Waals surface area contributed by atoms with E-state index in [1.807, 2.05) is 6.07 Å². The lowest BCUT2D eigenvalue weighted by Crippen LogP contribution is -2.65. The molecule has 1 aliphatic heterocycles. The maximum Gasteiger partial charge on any atom is 0.240 e. The second-order valence-corrected chi connectivity index (χ2v) is 7.87. The number of hydrogen-bond acceptors (Lipinski definition) is 10. The van der Waals surface area contributed by atoms with Crippen LogP contribution in [0.1, 0.15) is 5.56 Å². The highest BCUT2D eigenvalue weighted by atomic mass is 32.1. The van der Waals surface area contributed by atoms with E-state index in [0.29, 0.717) is 0 Å². The smallest absolute Gasteiger partial charge is 0.240 e. The van der Waals surface area contributed by atoms with Crippen molar-refractivity contribution in [3.63, 3.8) is 0 Å². The predicted molar refractivity (Wildman–Crippen MR) is 119 cm³/mol. The second-order valence-electron chi connectivity index (χ2n) is 7.55. The molecular formula is C20H30N4O8S. The number of nitrogens with one attached hydrogen (secondary N) is 2. The fourth-order valence-corrected chi connectivity index (χ4v) is 3.33. The monoisotopic (exact) mass is 486 g/mol. The quantitative estimate of drug-likeness (QED) is 0.145. The van der Waals surface area contributed by atoms with Crippen molar-refractivity contribution in [3.05, 3.63) is 35.9 Å². The lowest BCUT2D eigenvalue weighted by molar-refractivity contribution is -0.270. The molecule has 0 radical (unpaired) electrons. The molecule has 1 aliphatic rings. The molecule has 12 nitrogen and oxygen atoms in total. The molecule has 3 unspecified atom stereocenters. The van der Waals surface area contributed by atoms with Crippen LogP contribution in [0, 0.1) is 0 Å². The largest absolute Gasteiger partial charge is 0.394 e. The Hall–Kier alpha value is -2.26. The number of amides is 3. The molecule has 0 bridgehead atoms. The molecular weight excluding hydrogens is 456 g/mol. The average molecular weight is 487 g/mol. The van der Waals surface area contributed by atoms with Gasteiger partial charge >= 0.3 is 0 Å². The Labute approximate surface area is 196 Å². The molecule has 1 heterocycles. The van der Waals surface area contributed by atoms with Crippen LogP contribution in [0.25, 0.3) is 0 Å². The molecule has 9 N–H and O–H groups in total. The molecule has 1 aromatic carbocycles. The molecule has 184 valence electrons. The summed E-state index contributed by atoms with van der Waals surface area (Å²) in [4.78, 5) is 36.0. The predicted octanol–water partition coefficient (Wildman–Crippen LogP) is -3.60. The van der Waals surface area contributed by atoms with Gasteiger partial charge in [0.1, 0.15) is 36.4 Å². The van der Waals surface area contributed by atoms with Crippen molar-refractivity contribution in [1.29, 1.82) is 0 Å². The van der Waals surface area contributed by atoms with Crippen molar-refractivity contribution in [2.45, 2.75) is 49.1 Å². The maximum absolute atomic E-state index is 12.5. The highest BCUT2D eigenvalue weighted by Crippen LogP contribution is 2.22. The zero-order chi connectivity index (χ0) is 24.5. The zero-order valence-electron chi connectivity index (χ0n) is 17.7. The Morgan fingerprint density at radius 1 is 1.18 bits per heavy atom. The lowest BCUT2D eigenvalue weighted by atomic mass is 9.97. The number of nitrogens with two attached hydrogens (primary N) is 2. The summed E-state index contributed by atoms with van der Waals surface area (Å²) in [7, 11) is 0. The number of benzene rings is 1. The minimum atomic E-state index is -1.53. The molecule has 13 heteroatoms. The van der Waals surface area contributed by atoms with Gasteiger partial charge in [-0.05, 0) is 5.56 Å². The van der Waals surface area contributed by atoms with Crippen LogP contribution in [0.2, 0.25) is 0 Å². The van der Waals surface area contributed by atoms with E-state index in [9.17, 15) is 29.7 Å². The van der Waals surface area contributed by atoms with Crippen molar-refractivity contribution < 1.29 is 39.2 Å². The average Bonchev–Trinajstić information content (AvgIpc) is 2.81. The van der Waals surface area contributed by atoms with Crippen LogP contribution in [0.15, 0.2) is 30.3 Å². The minimum Gasteiger partial charge on any atom is -0.394 e. The third-order valence-electron chi connectivity index (χ3n) is 5.07. The Bertz CT molecular complexity index is 802. The van der Waals surface area contributed by atoms with E-state index in [-0.39, 0.29) is 12.2 Å². The number of aliphatic hydroxyl groups excluding tert-OH is 3. The number of primary amides is 1. The molecule has 1 aromatic rings. The third kappa shape index (κ3) is 7.64. The molecule has 3 amide bonds. The Morgan fingerprint density at radius 3 is 2.42 bits per heavy atom. The van der Waals surface area contributed by atoms with Crippen LogP contribution in [0.4, 0.5) is 0 Å². The van der Waals surface area contributed by atoms with Gasteiger partial charge in [-0.15, -0.1) is 0 Å². The van der Waals surface area contributed by atoms with Gasteiger partial charge in [0.05, 0.1) is 19.0 Å². The van der Waals surface area contributed by atoms with E-state index < -0.39 is 73.7 Å². The van der Waals surface area contributed by atoms with Crippen LogP contribution >= 0.6 is 12.6 Å². The van der Waals surface area contributed by atoms with Gasteiger partial charge in [0.25, 0.3) is 0 Å². The molecule has 33 heavy (non-hydrogen) atoms. The summed E-state index contributed by atoms with van der Waals surface area (Å²) in [6, 6.07) is 5.46. The first-order valence-electron chi connectivity index (χ1n) is 10.2. The van der Waals surface area contributed by atoms with Gasteiger partial charge < -0.3 is 46.9 Å². The standard InChI is InChI=1S/C20H30N4O8S/c21-11(19(30)23-12(18(22)29)6-10-4-2-1-3-5-10)8-31-20-15(24-14(26)9-33)17(28)16(27)13(7-25)32-20/h1-5,11-13,15-17,20,25,27-28,33H,6-9,21H2,(H2,22,29)(H,23,30)(H,24,26)/t11-,12-,13?,15-,16+,17?,20?/m0/s1. The normalized spacial score (nSPS) is 26.8. The summed E-state index contributed by atoms with van der Waals surface area (Å²) in [5.41, 5.74) is 12.1. The molecule has 0 saturated carbocycles. The van der Waals surface area contributed by atoms with Gasteiger partial charge in [-0.25, -0.2) is 0 Å². The van der Waals surface area contributed by atoms with Crippen molar-refractivity contribution >= 4 is 30.4 Å². The summed E-state index contributed by atoms with van der Waals surface area (Å²) in [5.74, 6) is -2.23. The molecule has 0 aliphatic carbocycles. The highest BCUT2D eigenvalue weighted by molar-refractivity contribution is 7.81. The summed E-state index contributed by atoms with van der Waals surface area (Å²) < 4.78 is 10.9. The number of rotatable bonds is 11. The molecule has 1 saturated heterocycles. The summed E-state index contributed by atoms with van der Waals surface area (Å²) >= 11 is 3.84. The van der Waals surface area contributed by atoms with Gasteiger partial charge in [-0.1, -0.05) is 30.3 Å². The molecule has 1 fully saturated rings. The maximum atomic E-state index is 12.5. The van der Waals surface area contributed by atoms with Crippen molar-refractivity contribution in [2.24, 2.45) is 11.5 Å². The topological polar surface area (TPSA) is 206 Å². The van der Waals surface area contributed by atoms with Crippen LogP contribution in [-0.4, -0.2) is 94.7 Å². The Kier molecular flexibility index (Phi) is 10.5. The first-order valence-corrected chi connectivity index (χ1v) is 10.8. The molecule has 7 atom stereocenters. The van der Waals surface area contributed by atoms with Crippen LogP contribution in [-0.2, 0) is 30.3 Å². The first kappa shape index (κ1) is 27.0. The van der Waals surface area contributed by atoms with E-state index in [2.05, 4.69) is 23.3 Å². The number of aliphatic hydroxyl groups is 3. The van der Waals surface area contributed by atoms with E-state index in [4.69, 9.17) is 20.9 Å². The van der Waals surface area contributed by atoms with Gasteiger partial charge in [0.2, 0.25) is 17.7 Å². The third-order valence-corrected chi connectivity index (χ3v) is 5.36. The number of hydrogen-bond donors (Lipinski definition) is 8. The van der Waals surface area contributed by atoms with Crippen molar-refractivity contribution in [2.75, 3.05) is 19.0 Å². The van der Waals surface area contributed by atoms with Crippen LogP contribution < -0.4 is 22.1 Å². The van der Waals surface area contributed by atoms with Gasteiger partial charge in [-0.3, -0.25) is 14.4 Å². The summed E-state index contributed by atoms with van der Waals surface area (Å²) in [6.45, 7) is -1.06. The summed E-state index contributed by atoms with van der Waals surface area (Å²) in [5, 5.41) is 34.6. The zero-order valence-corrected chi connectivity index (χ0v) is 18.6. The van der Waals surface area contributed by atoms with E-state index in [0.717, 1.165) is 5.56 Å². The number of carbonyl (C=O) groups excluding carboxylic acids is 3. The SMILES string of the molecule is NC(=O)[C@H](Cc1ccccc1)NC(=O)[C@@H](N)COC1OC(CO)[C@@H](O)C(O)[C@@H]1NC(=O)CS. The van der Waals surface area contributed by atoms with Crippen molar-refractivity contribution in [3.8, 4) is 0 Å². The number of ether oxygens (including phenoxy) is 2. The Balaban J connectivity index is 2.00. The van der Waals surface area contributed by atoms with Gasteiger partial charge in [-0.2, -0.15) is 12.6 Å². The summed E-state index contributed by atoms with van der Waals surface area (Å²) in [6.07, 6.45) is -5.38. The van der Waals surface area contributed by atoms with Gasteiger partial charge in [0, 0.05) is 6.42 Å². The fourth-order valence-electron chi connectivity index (χ4n) is 3.24. The lowest BCUT2D eigenvalue weighted by Gasteiger charge is -2.42.